The lowest BCUT2D eigenvalue weighted by Gasteiger charge is -2.22. The summed E-state index contributed by atoms with van der Waals surface area (Å²) in [7, 11) is 1.58. The fraction of sp³-hybridized carbons (Fsp3) is 0.263. The van der Waals surface area contributed by atoms with Gasteiger partial charge in [-0.05, 0) is 35.6 Å². The van der Waals surface area contributed by atoms with Crippen molar-refractivity contribution in [2.75, 3.05) is 13.7 Å². The van der Waals surface area contributed by atoms with E-state index in [0.29, 0.717) is 11.5 Å². The van der Waals surface area contributed by atoms with Crippen LogP contribution in [0.2, 0.25) is 0 Å². The highest BCUT2D eigenvalue weighted by Crippen LogP contribution is 2.38. The summed E-state index contributed by atoms with van der Waals surface area (Å²) in [6.07, 6.45) is 0.914. The first-order valence-electron chi connectivity index (χ1n) is 8.05. The van der Waals surface area contributed by atoms with Crippen molar-refractivity contribution in [3.8, 4) is 5.75 Å². The highest BCUT2D eigenvalue weighted by molar-refractivity contribution is 7.12. The van der Waals surface area contributed by atoms with E-state index in [1.54, 1.807) is 24.6 Å². The van der Waals surface area contributed by atoms with Crippen LogP contribution in [0.1, 0.15) is 34.6 Å². The number of aliphatic hydroxyl groups is 1. The quantitative estimate of drug-likeness (QED) is 0.800. The number of aliphatic hydroxyl groups excluding tert-OH is 1. The standard InChI is InChI=1S/C19H19NO4S/c1-3-10-24-13-8-6-12(7-9-13)16-15(18(22)19(23)20(16)2)17(21)14-5-4-11-25-14/h4-9,11,16,22H,3,10H2,1-2H3. The zero-order chi connectivity index (χ0) is 18.0. The zero-order valence-corrected chi connectivity index (χ0v) is 14.9. The van der Waals surface area contributed by atoms with E-state index in [1.807, 2.05) is 31.2 Å². The SMILES string of the molecule is CCCOc1ccc(C2C(C(=O)c3cccs3)=C(O)C(=O)N2C)cc1. The number of rotatable bonds is 6. The Hall–Kier alpha value is -2.60. The predicted molar refractivity (Wildman–Crippen MR) is 96.0 cm³/mol. The first-order chi connectivity index (χ1) is 12.0. The van der Waals surface area contributed by atoms with Crippen LogP contribution in [0.3, 0.4) is 0 Å². The molecular weight excluding hydrogens is 338 g/mol. The van der Waals surface area contributed by atoms with E-state index < -0.39 is 17.7 Å². The average molecular weight is 357 g/mol. The number of ketones is 1. The molecule has 1 aliphatic heterocycles. The van der Waals surface area contributed by atoms with Crippen molar-refractivity contribution in [3.05, 3.63) is 63.6 Å². The molecule has 25 heavy (non-hydrogen) atoms. The number of Topliss-reactive ketones (excluding diaryl/α,β-unsaturated/α-hetero) is 1. The maximum absolute atomic E-state index is 12.8. The highest BCUT2D eigenvalue weighted by atomic mass is 32.1. The molecule has 1 aromatic carbocycles. The van der Waals surface area contributed by atoms with E-state index in [9.17, 15) is 14.7 Å². The Bertz CT molecular complexity index is 808. The molecule has 1 aliphatic rings. The van der Waals surface area contributed by atoms with Gasteiger partial charge in [-0.3, -0.25) is 9.59 Å². The monoisotopic (exact) mass is 357 g/mol. The lowest BCUT2D eigenvalue weighted by atomic mass is 9.95. The number of carbonyl (C=O) groups excluding carboxylic acids is 2. The molecule has 0 fully saturated rings. The van der Waals surface area contributed by atoms with Crippen LogP contribution in [-0.2, 0) is 4.79 Å². The van der Waals surface area contributed by atoms with E-state index in [0.717, 1.165) is 17.7 Å². The van der Waals surface area contributed by atoms with Gasteiger partial charge in [0.1, 0.15) is 5.75 Å². The second-order valence-electron chi connectivity index (χ2n) is 5.80. The minimum Gasteiger partial charge on any atom is -0.503 e. The molecular formula is C19H19NO4S. The maximum Gasteiger partial charge on any atom is 0.289 e. The topological polar surface area (TPSA) is 66.8 Å². The largest absolute Gasteiger partial charge is 0.503 e. The first-order valence-corrected chi connectivity index (χ1v) is 8.93. The van der Waals surface area contributed by atoms with Gasteiger partial charge in [-0.15, -0.1) is 11.3 Å². The first kappa shape index (κ1) is 17.2. The maximum atomic E-state index is 12.8. The van der Waals surface area contributed by atoms with Crippen molar-refractivity contribution < 1.29 is 19.4 Å². The molecule has 2 aromatic rings. The molecule has 1 aromatic heterocycles. The zero-order valence-electron chi connectivity index (χ0n) is 14.1. The van der Waals surface area contributed by atoms with Crippen LogP contribution < -0.4 is 4.74 Å². The molecule has 0 saturated carbocycles. The lowest BCUT2D eigenvalue weighted by molar-refractivity contribution is -0.128. The summed E-state index contributed by atoms with van der Waals surface area (Å²) in [4.78, 5) is 26.9. The van der Waals surface area contributed by atoms with Crippen molar-refractivity contribution in [1.82, 2.24) is 4.90 Å². The Labute approximate surface area is 150 Å². The normalized spacial score (nSPS) is 17.3. The van der Waals surface area contributed by atoms with Crippen molar-refractivity contribution in [3.63, 3.8) is 0 Å². The number of hydrogen-bond acceptors (Lipinski definition) is 5. The van der Waals surface area contributed by atoms with Crippen molar-refractivity contribution >= 4 is 23.0 Å². The summed E-state index contributed by atoms with van der Waals surface area (Å²) in [6.45, 7) is 2.66. The van der Waals surface area contributed by atoms with Gasteiger partial charge in [0.2, 0.25) is 5.78 Å². The molecule has 5 nitrogen and oxygen atoms in total. The minimum atomic E-state index is -0.609. The van der Waals surface area contributed by atoms with Crippen LogP contribution in [-0.4, -0.2) is 35.4 Å². The van der Waals surface area contributed by atoms with Gasteiger partial charge in [0.15, 0.2) is 5.76 Å². The van der Waals surface area contributed by atoms with E-state index in [2.05, 4.69) is 0 Å². The molecule has 0 spiro atoms. The molecule has 130 valence electrons. The number of likely N-dealkylation sites (N-methyl/N-ethyl adjacent to an activating group) is 1. The molecule has 6 heteroatoms. The average Bonchev–Trinajstić information content (AvgIpc) is 3.23. The van der Waals surface area contributed by atoms with Gasteiger partial charge in [-0.1, -0.05) is 25.1 Å². The number of hydrogen-bond donors (Lipinski definition) is 1. The molecule has 1 N–H and O–H groups in total. The molecule has 0 aliphatic carbocycles. The van der Waals surface area contributed by atoms with Gasteiger partial charge in [0.05, 0.1) is 23.1 Å². The van der Waals surface area contributed by atoms with Gasteiger partial charge < -0.3 is 14.7 Å². The number of ether oxygens (including phenoxy) is 1. The lowest BCUT2D eigenvalue weighted by Crippen LogP contribution is -2.26. The fourth-order valence-electron chi connectivity index (χ4n) is 2.85. The fourth-order valence-corrected chi connectivity index (χ4v) is 3.53. The smallest absolute Gasteiger partial charge is 0.289 e. The number of benzene rings is 1. The predicted octanol–water partition coefficient (Wildman–Crippen LogP) is 3.75. The van der Waals surface area contributed by atoms with Gasteiger partial charge in [-0.25, -0.2) is 0 Å². The summed E-state index contributed by atoms with van der Waals surface area (Å²) >= 11 is 1.29. The van der Waals surface area contributed by atoms with Crippen LogP contribution in [0.15, 0.2) is 53.1 Å². The summed E-state index contributed by atoms with van der Waals surface area (Å²) in [6, 6.07) is 10.1. The van der Waals surface area contributed by atoms with Crippen LogP contribution in [0, 0.1) is 0 Å². The Morgan fingerprint density at radius 1 is 1.28 bits per heavy atom. The summed E-state index contributed by atoms with van der Waals surface area (Å²) in [5.41, 5.74) is 0.876. The van der Waals surface area contributed by atoms with Gasteiger partial charge in [0.25, 0.3) is 5.91 Å². The highest BCUT2D eigenvalue weighted by Gasteiger charge is 2.42. The minimum absolute atomic E-state index is 0.122. The molecule has 1 atom stereocenters. The number of carbonyl (C=O) groups is 2. The van der Waals surface area contributed by atoms with Crippen molar-refractivity contribution in [2.24, 2.45) is 0 Å². The molecule has 1 unspecified atom stereocenters. The number of nitrogens with zero attached hydrogens (tertiary/aromatic N) is 1. The second-order valence-corrected chi connectivity index (χ2v) is 6.75. The van der Waals surface area contributed by atoms with Gasteiger partial charge in [-0.2, -0.15) is 0 Å². The molecule has 2 heterocycles. The third-order valence-electron chi connectivity index (χ3n) is 4.10. The van der Waals surface area contributed by atoms with Crippen molar-refractivity contribution in [1.29, 1.82) is 0 Å². The van der Waals surface area contributed by atoms with Crippen molar-refractivity contribution in [2.45, 2.75) is 19.4 Å². The third kappa shape index (κ3) is 3.17. The Kier molecular flexibility index (Phi) is 4.90. The molecule has 0 radical (unpaired) electrons. The number of thiophene rings is 1. The van der Waals surface area contributed by atoms with Crippen LogP contribution >= 0.6 is 11.3 Å². The van der Waals surface area contributed by atoms with E-state index in [1.165, 1.54) is 16.2 Å². The Balaban J connectivity index is 1.95. The summed E-state index contributed by atoms with van der Waals surface area (Å²) < 4.78 is 5.57. The molecule has 0 bridgehead atoms. The molecule has 1 amide bonds. The van der Waals surface area contributed by atoms with Gasteiger partial charge >= 0.3 is 0 Å². The van der Waals surface area contributed by atoms with Crippen LogP contribution in [0.25, 0.3) is 0 Å². The third-order valence-corrected chi connectivity index (χ3v) is 4.97. The van der Waals surface area contributed by atoms with E-state index in [4.69, 9.17) is 4.74 Å². The molecule has 3 rings (SSSR count). The Morgan fingerprint density at radius 3 is 2.60 bits per heavy atom. The second kappa shape index (κ2) is 7.11. The van der Waals surface area contributed by atoms with E-state index in [-0.39, 0.29) is 11.4 Å². The molecule has 0 saturated heterocycles. The van der Waals surface area contributed by atoms with E-state index >= 15 is 0 Å². The van der Waals surface area contributed by atoms with Gasteiger partial charge in [0, 0.05) is 7.05 Å². The Morgan fingerprint density at radius 2 is 2.00 bits per heavy atom. The van der Waals surface area contributed by atoms with Crippen LogP contribution in [0.4, 0.5) is 0 Å². The van der Waals surface area contributed by atoms with Crippen LogP contribution in [0.5, 0.6) is 5.75 Å². The number of amides is 1. The summed E-state index contributed by atoms with van der Waals surface area (Å²) in [5, 5.41) is 12.0. The summed E-state index contributed by atoms with van der Waals surface area (Å²) in [5.74, 6) is -0.605.